The Labute approximate surface area is 200 Å². The zero-order chi connectivity index (χ0) is 21.0. The van der Waals surface area contributed by atoms with E-state index in [4.69, 9.17) is 9.47 Å². The van der Waals surface area contributed by atoms with Gasteiger partial charge < -0.3 is 20.1 Å². The third kappa shape index (κ3) is 8.96. The highest BCUT2D eigenvalue weighted by Gasteiger charge is 2.10. The highest BCUT2D eigenvalue weighted by Crippen LogP contribution is 2.23. The molecule has 9 heteroatoms. The minimum atomic E-state index is -0.348. The van der Waals surface area contributed by atoms with E-state index >= 15 is 0 Å². The van der Waals surface area contributed by atoms with Crippen molar-refractivity contribution in [3.8, 4) is 11.6 Å². The van der Waals surface area contributed by atoms with Crippen molar-refractivity contribution in [3.05, 3.63) is 54.0 Å². The van der Waals surface area contributed by atoms with Crippen molar-refractivity contribution in [2.75, 3.05) is 45.9 Å². The molecule has 0 saturated carbocycles. The topological polar surface area (TPSA) is 71.0 Å². The average molecular weight is 543 g/mol. The van der Waals surface area contributed by atoms with Crippen LogP contribution in [0.4, 0.5) is 4.39 Å². The summed E-state index contributed by atoms with van der Waals surface area (Å²) in [6, 6.07) is 9.77. The number of aliphatic imine (C=N–C) groups is 1. The van der Waals surface area contributed by atoms with Gasteiger partial charge in [0.05, 0.1) is 19.8 Å². The SMILES string of the molecule is CCNC(=NCc1cccnc1Oc1cccc(F)c1)NCCCN1CCOCC1.I. The van der Waals surface area contributed by atoms with Gasteiger partial charge in [-0.1, -0.05) is 12.1 Å². The smallest absolute Gasteiger partial charge is 0.224 e. The van der Waals surface area contributed by atoms with Crippen LogP contribution < -0.4 is 15.4 Å². The van der Waals surface area contributed by atoms with E-state index in [0.717, 1.165) is 63.9 Å². The molecule has 1 fully saturated rings. The predicted molar refractivity (Wildman–Crippen MR) is 131 cm³/mol. The third-order valence-corrected chi connectivity index (χ3v) is 4.66. The summed E-state index contributed by atoms with van der Waals surface area (Å²) < 4.78 is 24.6. The Hall–Kier alpha value is -1.98. The van der Waals surface area contributed by atoms with E-state index in [2.05, 4.69) is 25.5 Å². The molecular formula is C22H31FIN5O2. The molecule has 7 nitrogen and oxygen atoms in total. The summed E-state index contributed by atoms with van der Waals surface area (Å²) in [5.74, 6) is 1.24. The summed E-state index contributed by atoms with van der Waals surface area (Å²) in [5, 5.41) is 6.64. The number of hydrogen-bond donors (Lipinski definition) is 2. The number of halogens is 2. The van der Waals surface area contributed by atoms with Gasteiger partial charge in [-0.3, -0.25) is 4.90 Å². The molecule has 1 saturated heterocycles. The summed E-state index contributed by atoms with van der Waals surface area (Å²) in [4.78, 5) is 11.4. The molecule has 1 aliphatic heterocycles. The van der Waals surface area contributed by atoms with E-state index in [1.807, 2.05) is 19.1 Å². The van der Waals surface area contributed by atoms with Crippen molar-refractivity contribution in [3.63, 3.8) is 0 Å². The maximum absolute atomic E-state index is 13.4. The number of ether oxygens (including phenoxy) is 2. The van der Waals surface area contributed by atoms with E-state index in [1.54, 1.807) is 18.3 Å². The molecule has 0 radical (unpaired) electrons. The number of aromatic nitrogens is 1. The van der Waals surface area contributed by atoms with Crippen LogP contribution in [-0.4, -0.2) is 61.8 Å². The molecule has 1 aromatic carbocycles. The second kappa shape index (κ2) is 14.2. The normalized spacial score (nSPS) is 14.6. The van der Waals surface area contributed by atoms with Gasteiger partial charge in [-0.2, -0.15) is 0 Å². The quantitative estimate of drug-likeness (QED) is 0.219. The van der Waals surface area contributed by atoms with Gasteiger partial charge in [0.15, 0.2) is 5.96 Å². The van der Waals surface area contributed by atoms with Crippen molar-refractivity contribution in [2.45, 2.75) is 19.9 Å². The molecular weight excluding hydrogens is 512 g/mol. The maximum Gasteiger partial charge on any atom is 0.224 e. The largest absolute Gasteiger partial charge is 0.439 e. The Kier molecular flexibility index (Phi) is 11.5. The molecule has 0 atom stereocenters. The molecule has 0 unspecified atom stereocenters. The summed E-state index contributed by atoms with van der Waals surface area (Å²) in [7, 11) is 0. The molecule has 0 bridgehead atoms. The van der Waals surface area contributed by atoms with Crippen molar-refractivity contribution in [1.82, 2.24) is 20.5 Å². The van der Waals surface area contributed by atoms with E-state index in [1.165, 1.54) is 12.1 Å². The molecule has 0 spiro atoms. The molecule has 2 aromatic rings. The van der Waals surface area contributed by atoms with Crippen LogP contribution in [0.5, 0.6) is 11.6 Å². The highest BCUT2D eigenvalue weighted by molar-refractivity contribution is 14.0. The Balaban J connectivity index is 0.00000341. The summed E-state index contributed by atoms with van der Waals surface area (Å²) >= 11 is 0. The zero-order valence-corrected chi connectivity index (χ0v) is 20.2. The predicted octanol–water partition coefficient (Wildman–Crippen LogP) is 3.41. The van der Waals surface area contributed by atoms with Gasteiger partial charge in [-0.05, 0) is 38.1 Å². The van der Waals surface area contributed by atoms with Gasteiger partial charge in [-0.15, -0.1) is 24.0 Å². The lowest BCUT2D eigenvalue weighted by Gasteiger charge is -2.26. The van der Waals surface area contributed by atoms with Crippen LogP contribution in [0.1, 0.15) is 18.9 Å². The standard InChI is InChI=1S/C22H30FN5O2.HI/c1-2-24-22(26-10-5-11-28-12-14-29-15-13-28)27-17-18-6-4-9-25-21(18)30-20-8-3-7-19(23)16-20;/h3-4,6-9,16H,2,5,10-15,17H2,1H3,(H2,24,26,27);1H. The van der Waals surface area contributed by atoms with Crippen LogP contribution in [0.15, 0.2) is 47.6 Å². The van der Waals surface area contributed by atoms with Gasteiger partial charge in [-0.25, -0.2) is 14.4 Å². The Morgan fingerprint density at radius 1 is 1.23 bits per heavy atom. The first-order chi connectivity index (χ1) is 14.7. The molecule has 1 aromatic heterocycles. The van der Waals surface area contributed by atoms with Crippen LogP contribution in [0.25, 0.3) is 0 Å². The fourth-order valence-corrected chi connectivity index (χ4v) is 3.12. The lowest BCUT2D eigenvalue weighted by molar-refractivity contribution is 0.0376. The lowest BCUT2D eigenvalue weighted by atomic mass is 10.2. The van der Waals surface area contributed by atoms with Crippen LogP contribution in [0.3, 0.4) is 0 Å². The minimum absolute atomic E-state index is 0. The summed E-state index contributed by atoms with van der Waals surface area (Å²) in [5.41, 5.74) is 0.826. The van der Waals surface area contributed by atoms with Crippen molar-refractivity contribution in [2.24, 2.45) is 4.99 Å². The second-order valence-corrected chi connectivity index (χ2v) is 6.96. The number of pyridine rings is 1. The average Bonchev–Trinajstić information content (AvgIpc) is 2.76. The van der Waals surface area contributed by atoms with Gasteiger partial charge in [0.2, 0.25) is 5.88 Å². The first kappa shape index (κ1) is 25.3. The lowest BCUT2D eigenvalue weighted by Crippen LogP contribution is -2.40. The molecule has 2 heterocycles. The number of rotatable bonds is 9. The molecule has 170 valence electrons. The summed E-state index contributed by atoms with van der Waals surface area (Å²) in [6.45, 7) is 8.74. The fourth-order valence-electron chi connectivity index (χ4n) is 3.12. The van der Waals surface area contributed by atoms with Crippen LogP contribution in [-0.2, 0) is 11.3 Å². The Morgan fingerprint density at radius 3 is 2.84 bits per heavy atom. The van der Waals surface area contributed by atoms with E-state index in [-0.39, 0.29) is 29.8 Å². The first-order valence-electron chi connectivity index (χ1n) is 10.4. The molecule has 2 N–H and O–H groups in total. The molecule has 1 aliphatic rings. The van der Waals surface area contributed by atoms with Gasteiger partial charge in [0.25, 0.3) is 0 Å². The highest BCUT2D eigenvalue weighted by atomic mass is 127. The van der Waals surface area contributed by atoms with E-state index in [0.29, 0.717) is 18.2 Å². The Morgan fingerprint density at radius 2 is 2.06 bits per heavy atom. The Bertz CT molecular complexity index is 818. The molecule has 3 rings (SSSR count). The number of guanidine groups is 1. The van der Waals surface area contributed by atoms with Gasteiger partial charge >= 0.3 is 0 Å². The number of nitrogens with zero attached hydrogens (tertiary/aromatic N) is 3. The van der Waals surface area contributed by atoms with Crippen molar-refractivity contribution in [1.29, 1.82) is 0 Å². The van der Waals surface area contributed by atoms with Crippen LogP contribution in [0, 0.1) is 5.82 Å². The van der Waals surface area contributed by atoms with Gasteiger partial charge in [0.1, 0.15) is 11.6 Å². The molecule has 0 amide bonds. The van der Waals surface area contributed by atoms with Gasteiger partial charge in [0, 0.05) is 44.0 Å². The second-order valence-electron chi connectivity index (χ2n) is 6.96. The van der Waals surface area contributed by atoms with Crippen LogP contribution >= 0.6 is 24.0 Å². The van der Waals surface area contributed by atoms with Crippen LogP contribution in [0.2, 0.25) is 0 Å². The molecule has 31 heavy (non-hydrogen) atoms. The third-order valence-electron chi connectivity index (χ3n) is 4.66. The molecule has 0 aliphatic carbocycles. The minimum Gasteiger partial charge on any atom is -0.439 e. The number of benzene rings is 1. The monoisotopic (exact) mass is 543 g/mol. The first-order valence-corrected chi connectivity index (χ1v) is 10.4. The van der Waals surface area contributed by atoms with E-state index < -0.39 is 0 Å². The summed E-state index contributed by atoms with van der Waals surface area (Å²) in [6.07, 6.45) is 2.68. The number of hydrogen-bond acceptors (Lipinski definition) is 5. The van der Waals surface area contributed by atoms with E-state index in [9.17, 15) is 4.39 Å². The number of morpholine rings is 1. The van der Waals surface area contributed by atoms with Crippen molar-refractivity contribution < 1.29 is 13.9 Å². The maximum atomic E-state index is 13.4. The number of nitrogens with one attached hydrogen (secondary N) is 2. The van der Waals surface area contributed by atoms with Crippen molar-refractivity contribution >= 4 is 29.9 Å². The zero-order valence-electron chi connectivity index (χ0n) is 17.8. The fraction of sp³-hybridized carbons (Fsp3) is 0.455.